The largest absolute Gasteiger partial charge is 0.333 e. The summed E-state index contributed by atoms with van der Waals surface area (Å²) in [7, 11) is 0. The van der Waals surface area contributed by atoms with Crippen molar-refractivity contribution in [3.05, 3.63) is 39.9 Å². The number of rotatable bonds is 4. The molecule has 5 heteroatoms. The van der Waals surface area contributed by atoms with Crippen LogP contribution in [0.25, 0.3) is 0 Å². The minimum atomic E-state index is -0.501. The van der Waals surface area contributed by atoms with Crippen LogP contribution in [0.1, 0.15) is 37.0 Å². The Morgan fingerprint density at radius 2 is 2.00 bits per heavy atom. The molecule has 0 heterocycles. The summed E-state index contributed by atoms with van der Waals surface area (Å²) in [6, 6.07) is 6.44. The van der Waals surface area contributed by atoms with Crippen molar-refractivity contribution < 1.29 is 9.72 Å². The molecule has 0 spiro atoms. The van der Waals surface area contributed by atoms with Crippen molar-refractivity contribution >= 4 is 11.6 Å². The fraction of sp³-hybridized carbons (Fsp3) is 0.462. The Morgan fingerprint density at radius 3 is 2.50 bits per heavy atom. The van der Waals surface area contributed by atoms with Crippen LogP contribution in [-0.4, -0.2) is 27.8 Å². The maximum absolute atomic E-state index is 12.4. The van der Waals surface area contributed by atoms with Crippen LogP contribution in [0.5, 0.6) is 0 Å². The molecule has 1 aliphatic rings. The first-order valence-corrected chi connectivity index (χ1v) is 6.08. The quantitative estimate of drug-likeness (QED) is 0.607. The summed E-state index contributed by atoms with van der Waals surface area (Å²) < 4.78 is 0. The first-order chi connectivity index (χ1) is 8.52. The van der Waals surface area contributed by atoms with E-state index in [0.29, 0.717) is 0 Å². The van der Waals surface area contributed by atoms with Gasteiger partial charge in [-0.25, -0.2) is 0 Å². The van der Waals surface area contributed by atoms with Crippen molar-refractivity contribution in [2.75, 3.05) is 0 Å². The highest BCUT2D eigenvalue weighted by molar-refractivity contribution is 5.98. The van der Waals surface area contributed by atoms with E-state index in [4.69, 9.17) is 0 Å². The number of hydrogen-bond donors (Lipinski definition) is 0. The van der Waals surface area contributed by atoms with Crippen LogP contribution in [0.2, 0.25) is 0 Å². The van der Waals surface area contributed by atoms with Crippen molar-refractivity contribution in [2.24, 2.45) is 0 Å². The van der Waals surface area contributed by atoms with Crippen LogP contribution in [0.3, 0.4) is 0 Å². The smallest absolute Gasteiger partial charge is 0.282 e. The van der Waals surface area contributed by atoms with Crippen molar-refractivity contribution in [2.45, 2.75) is 38.8 Å². The van der Waals surface area contributed by atoms with E-state index in [-0.39, 0.29) is 29.2 Å². The molecule has 0 saturated heterocycles. The topological polar surface area (TPSA) is 63.5 Å². The van der Waals surface area contributed by atoms with Crippen LogP contribution < -0.4 is 0 Å². The zero-order chi connectivity index (χ0) is 13.3. The van der Waals surface area contributed by atoms with Crippen molar-refractivity contribution in [1.82, 2.24) is 4.90 Å². The minimum absolute atomic E-state index is 0.0600. The maximum atomic E-state index is 12.4. The third-order valence-corrected chi connectivity index (χ3v) is 3.06. The fourth-order valence-corrected chi connectivity index (χ4v) is 2.13. The van der Waals surface area contributed by atoms with E-state index in [0.717, 1.165) is 12.8 Å². The molecular weight excluding hydrogens is 232 g/mol. The molecule has 0 radical (unpaired) electrons. The van der Waals surface area contributed by atoms with E-state index in [2.05, 4.69) is 0 Å². The standard InChI is InChI=1S/C13H16N2O3/c1-9(2)14(10-7-8-10)13(16)11-5-3-4-6-12(11)15(17)18/h3-6,9-10H,7-8H2,1-2H3. The van der Waals surface area contributed by atoms with Gasteiger partial charge in [0.1, 0.15) is 5.56 Å². The summed E-state index contributed by atoms with van der Waals surface area (Å²) in [5.41, 5.74) is 0.0666. The highest BCUT2D eigenvalue weighted by Gasteiger charge is 2.36. The zero-order valence-electron chi connectivity index (χ0n) is 10.5. The molecule has 0 unspecified atom stereocenters. The Morgan fingerprint density at radius 1 is 1.39 bits per heavy atom. The summed E-state index contributed by atoms with van der Waals surface area (Å²) >= 11 is 0. The normalized spacial score (nSPS) is 14.6. The van der Waals surface area contributed by atoms with E-state index in [1.54, 1.807) is 17.0 Å². The van der Waals surface area contributed by atoms with Crippen LogP contribution in [0.15, 0.2) is 24.3 Å². The molecule has 0 aromatic heterocycles. The number of carbonyl (C=O) groups is 1. The molecule has 96 valence electrons. The summed E-state index contributed by atoms with van der Waals surface area (Å²) in [5.74, 6) is -0.236. The van der Waals surface area contributed by atoms with Gasteiger partial charge in [0.05, 0.1) is 4.92 Å². The molecule has 2 rings (SSSR count). The van der Waals surface area contributed by atoms with Crippen LogP contribution in [0.4, 0.5) is 5.69 Å². The van der Waals surface area contributed by atoms with Crippen LogP contribution in [0, 0.1) is 10.1 Å². The first kappa shape index (κ1) is 12.5. The second-order valence-corrected chi connectivity index (χ2v) is 4.81. The highest BCUT2D eigenvalue weighted by Crippen LogP contribution is 2.31. The number of carbonyl (C=O) groups excluding carboxylic acids is 1. The Hall–Kier alpha value is -1.91. The van der Waals surface area contributed by atoms with E-state index in [9.17, 15) is 14.9 Å². The van der Waals surface area contributed by atoms with Gasteiger partial charge in [0.15, 0.2) is 0 Å². The molecule has 0 bridgehead atoms. The number of nitro benzene ring substituents is 1. The molecule has 0 N–H and O–H groups in total. The predicted octanol–water partition coefficient (Wildman–Crippen LogP) is 2.61. The number of benzene rings is 1. The van der Waals surface area contributed by atoms with Gasteiger partial charge in [-0.15, -0.1) is 0 Å². The van der Waals surface area contributed by atoms with Crippen molar-refractivity contribution in [3.8, 4) is 0 Å². The third-order valence-electron chi connectivity index (χ3n) is 3.06. The fourth-order valence-electron chi connectivity index (χ4n) is 2.13. The van der Waals surface area contributed by atoms with Gasteiger partial charge in [-0.2, -0.15) is 0 Å². The average Bonchev–Trinajstić information content (AvgIpc) is 3.13. The number of hydrogen-bond acceptors (Lipinski definition) is 3. The molecule has 1 amide bonds. The summed E-state index contributed by atoms with van der Waals surface area (Å²) in [6.45, 7) is 3.87. The van der Waals surface area contributed by atoms with Crippen molar-refractivity contribution in [1.29, 1.82) is 0 Å². The monoisotopic (exact) mass is 248 g/mol. The van der Waals surface area contributed by atoms with Gasteiger partial charge < -0.3 is 4.90 Å². The molecule has 5 nitrogen and oxygen atoms in total. The average molecular weight is 248 g/mol. The molecule has 0 aliphatic heterocycles. The van der Waals surface area contributed by atoms with E-state index >= 15 is 0 Å². The first-order valence-electron chi connectivity index (χ1n) is 6.08. The van der Waals surface area contributed by atoms with E-state index in [1.165, 1.54) is 12.1 Å². The maximum Gasteiger partial charge on any atom is 0.282 e. The zero-order valence-corrected chi connectivity index (χ0v) is 10.5. The molecule has 1 aromatic carbocycles. The van der Waals surface area contributed by atoms with Gasteiger partial charge in [-0.05, 0) is 32.8 Å². The van der Waals surface area contributed by atoms with E-state index < -0.39 is 4.92 Å². The lowest BCUT2D eigenvalue weighted by Gasteiger charge is -2.26. The lowest BCUT2D eigenvalue weighted by atomic mass is 10.1. The van der Waals surface area contributed by atoms with E-state index in [1.807, 2.05) is 13.8 Å². The van der Waals surface area contributed by atoms with Gasteiger partial charge in [0, 0.05) is 18.2 Å². The van der Waals surface area contributed by atoms with Gasteiger partial charge in [-0.3, -0.25) is 14.9 Å². The Labute approximate surface area is 106 Å². The Balaban J connectivity index is 2.35. The second-order valence-electron chi connectivity index (χ2n) is 4.81. The molecule has 1 saturated carbocycles. The molecule has 0 atom stereocenters. The third kappa shape index (κ3) is 2.34. The summed E-state index contributed by atoms with van der Waals surface area (Å²) in [5, 5.41) is 10.9. The highest BCUT2D eigenvalue weighted by atomic mass is 16.6. The molecule has 18 heavy (non-hydrogen) atoms. The minimum Gasteiger partial charge on any atom is -0.333 e. The lowest BCUT2D eigenvalue weighted by molar-refractivity contribution is -0.385. The number of amides is 1. The van der Waals surface area contributed by atoms with Gasteiger partial charge in [0.2, 0.25) is 0 Å². The van der Waals surface area contributed by atoms with Gasteiger partial charge in [-0.1, -0.05) is 12.1 Å². The summed E-state index contributed by atoms with van der Waals surface area (Å²) in [6.07, 6.45) is 1.98. The molecular formula is C13H16N2O3. The van der Waals surface area contributed by atoms with Crippen molar-refractivity contribution in [3.63, 3.8) is 0 Å². The van der Waals surface area contributed by atoms with Crippen LogP contribution >= 0.6 is 0 Å². The molecule has 1 aromatic rings. The Kier molecular flexibility index (Phi) is 3.32. The second kappa shape index (κ2) is 4.76. The molecule has 1 aliphatic carbocycles. The predicted molar refractivity (Wildman–Crippen MR) is 67.4 cm³/mol. The number of nitro groups is 1. The number of nitrogens with zero attached hydrogens (tertiary/aromatic N) is 2. The lowest BCUT2D eigenvalue weighted by Crippen LogP contribution is -2.39. The number of para-hydroxylation sites is 1. The van der Waals surface area contributed by atoms with Gasteiger partial charge in [0.25, 0.3) is 11.6 Å². The molecule has 1 fully saturated rings. The Bertz CT molecular complexity index is 479. The SMILES string of the molecule is CC(C)N(C(=O)c1ccccc1[N+](=O)[O-])C1CC1. The summed E-state index contributed by atoms with van der Waals surface area (Å²) in [4.78, 5) is 24.6. The van der Waals surface area contributed by atoms with Crippen LogP contribution in [-0.2, 0) is 0 Å². The van der Waals surface area contributed by atoms with Gasteiger partial charge >= 0.3 is 0 Å².